The fourth-order valence-electron chi connectivity index (χ4n) is 1.27. The Morgan fingerprint density at radius 3 is 2.06 bits per heavy atom. The summed E-state index contributed by atoms with van der Waals surface area (Å²) in [4.78, 5) is 10.7. The number of carbonyl (C=O) groups is 1. The highest BCUT2D eigenvalue weighted by molar-refractivity contribution is 5.81. The van der Waals surface area contributed by atoms with E-state index in [0.717, 1.165) is 31.2 Å². The van der Waals surface area contributed by atoms with Gasteiger partial charge >= 0.3 is 12.4 Å². The average Bonchev–Trinajstić information content (AvgIpc) is 2.26. The molecule has 0 aliphatic heterocycles. The van der Waals surface area contributed by atoms with Crippen LogP contribution >= 0.6 is 0 Å². The van der Waals surface area contributed by atoms with Gasteiger partial charge in [0.25, 0.3) is 0 Å². The van der Waals surface area contributed by atoms with E-state index in [1.165, 1.54) is 0 Å². The van der Waals surface area contributed by atoms with Gasteiger partial charge in [-0.2, -0.15) is 4.39 Å². The maximum Gasteiger partial charge on any atom is 0.573 e. The normalized spacial score (nSPS) is 15.0. The lowest BCUT2D eigenvalue weighted by atomic mass is 9.84. The minimum atomic E-state index is -4.85. The Morgan fingerprint density at radius 1 is 1.22 bits per heavy atom. The molecule has 0 aliphatic rings. The van der Waals surface area contributed by atoms with Crippen molar-refractivity contribution in [2.75, 3.05) is 6.67 Å². The van der Waals surface area contributed by atoms with Crippen LogP contribution in [0.4, 0.5) is 22.0 Å². The zero-order valence-electron chi connectivity index (χ0n) is 9.22. The molecule has 2 nitrogen and oxygen atoms in total. The van der Waals surface area contributed by atoms with Crippen LogP contribution in [0.25, 0.3) is 0 Å². The molecule has 0 heterocycles. The van der Waals surface area contributed by atoms with Crippen molar-refractivity contribution < 1.29 is 31.5 Å². The maximum atomic E-state index is 12.7. The summed E-state index contributed by atoms with van der Waals surface area (Å²) in [7, 11) is 0. The van der Waals surface area contributed by atoms with Crippen molar-refractivity contribution in [2.45, 2.75) is 18.7 Å². The van der Waals surface area contributed by atoms with Crippen LogP contribution < -0.4 is 4.74 Å². The molecule has 0 aromatic heterocycles. The number of benzene rings is 1. The van der Waals surface area contributed by atoms with E-state index >= 15 is 0 Å². The number of halogens is 5. The van der Waals surface area contributed by atoms with E-state index in [-0.39, 0.29) is 5.56 Å². The molecule has 1 aromatic carbocycles. The van der Waals surface area contributed by atoms with E-state index in [0.29, 0.717) is 0 Å². The summed E-state index contributed by atoms with van der Waals surface area (Å²) in [6.45, 7) is -0.267. The van der Waals surface area contributed by atoms with Crippen LogP contribution in [0, 0.1) is 0 Å². The predicted octanol–water partition coefficient (Wildman–Crippen LogP) is 3.31. The number of hydrogen-bond acceptors (Lipinski definition) is 2. The number of carbonyl (C=O) groups excluding carboxylic acids is 1. The lowest BCUT2D eigenvalue weighted by Crippen LogP contribution is -2.32. The van der Waals surface area contributed by atoms with Crippen LogP contribution in [0.5, 0.6) is 5.75 Å². The summed E-state index contributed by atoms with van der Waals surface area (Å²) in [5.74, 6) is -0.529. The third-order valence-electron chi connectivity index (χ3n) is 2.43. The third kappa shape index (κ3) is 3.18. The van der Waals surface area contributed by atoms with Crippen LogP contribution in [-0.2, 0) is 10.2 Å². The molecule has 0 fully saturated rings. The molecule has 0 spiro atoms. The summed E-state index contributed by atoms with van der Waals surface area (Å²) in [5.41, 5.74) is -2.07. The Kier molecular flexibility index (Phi) is 3.93. The van der Waals surface area contributed by atoms with E-state index in [9.17, 15) is 26.7 Å². The van der Waals surface area contributed by atoms with Gasteiger partial charge in [0.05, 0.1) is 0 Å². The highest BCUT2D eigenvalue weighted by Crippen LogP contribution is 2.29. The standard InChI is InChI=1S/C11H9F5O2/c1-10(6-12,9(13)17)7-2-4-8(5-3-7)18-11(14,15)16/h2-5H,6H2,1H3. The Hall–Kier alpha value is -1.66. The number of rotatable bonds is 4. The highest BCUT2D eigenvalue weighted by Gasteiger charge is 2.36. The van der Waals surface area contributed by atoms with E-state index in [1.54, 1.807) is 0 Å². The first kappa shape index (κ1) is 14.4. The topological polar surface area (TPSA) is 26.3 Å². The van der Waals surface area contributed by atoms with Gasteiger partial charge in [0, 0.05) is 0 Å². The molecule has 0 aliphatic carbocycles. The van der Waals surface area contributed by atoms with Crippen LogP contribution in [0.15, 0.2) is 24.3 Å². The van der Waals surface area contributed by atoms with E-state index in [2.05, 4.69) is 4.74 Å². The molecule has 0 radical (unpaired) electrons. The summed E-state index contributed by atoms with van der Waals surface area (Å²) < 4.78 is 64.6. The highest BCUT2D eigenvalue weighted by atomic mass is 19.4. The fourth-order valence-corrected chi connectivity index (χ4v) is 1.27. The van der Waals surface area contributed by atoms with Gasteiger partial charge in [-0.05, 0) is 24.6 Å². The van der Waals surface area contributed by atoms with Gasteiger partial charge in [-0.15, -0.1) is 13.2 Å². The van der Waals surface area contributed by atoms with Crippen molar-refractivity contribution in [1.29, 1.82) is 0 Å². The molecule has 0 bridgehead atoms. The molecule has 0 saturated heterocycles. The first-order chi connectivity index (χ1) is 8.19. The Balaban J connectivity index is 2.99. The minimum absolute atomic E-state index is 0.0629. The largest absolute Gasteiger partial charge is 0.573 e. The van der Waals surface area contributed by atoms with Gasteiger partial charge in [-0.25, -0.2) is 4.39 Å². The molecule has 7 heteroatoms. The molecule has 1 rings (SSSR count). The third-order valence-corrected chi connectivity index (χ3v) is 2.43. The molecule has 100 valence electrons. The molecule has 0 N–H and O–H groups in total. The Labute approximate surface area is 99.4 Å². The second-order valence-electron chi connectivity index (χ2n) is 3.81. The molecule has 1 atom stereocenters. The first-order valence-corrected chi connectivity index (χ1v) is 4.81. The molecule has 1 aromatic rings. The second kappa shape index (κ2) is 4.91. The van der Waals surface area contributed by atoms with Gasteiger partial charge in [0.1, 0.15) is 17.8 Å². The van der Waals surface area contributed by atoms with Crippen molar-refractivity contribution in [2.24, 2.45) is 0 Å². The van der Waals surface area contributed by atoms with Gasteiger partial charge in [-0.3, -0.25) is 4.79 Å². The van der Waals surface area contributed by atoms with E-state index in [4.69, 9.17) is 0 Å². The van der Waals surface area contributed by atoms with Crippen LogP contribution in [0.2, 0.25) is 0 Å². The quantitative estimate of drug-likeness (QED) is 0.618. The lowest BCUT2D eigenvalue weighted by Gasteiger charge is -2.21. The van der Waals surface area contributed by atoms with Crippen molar-refractivity contribution >= 4 is 6.04 Å². The second-order valence-corrected chi connectivity index (χ2v) is 3.81. The van der Waals surface area contributed by atoms with E-state index < -0.39 is 30.2 Å². The van der Waals surface area contributed by atoms with Crippen molar-refractivity contribution in [3.8, 4) is 5.75 Å². The van der Waals surface area contributed by atoms with Crippen molar-refractivity contribution in [3.63, 3.8) is 0 Å². The Morgan fingerprint density at radius 2 is 1.72 bits per heavy atom. The van der Waals surface area contributed by atoms with Gasteiger partial charge in [0.15, 0.2) is 0 Å². The molecule has 1 unspecified atom stereocenters. The number of hydrogen-bond donors (Lipinski definition) is 0. The summed E-state index contributed by atoms with van der Waals surface area (Å²) in [5, 5.41) is 0. The number of ether oxygens (including phenoxy) is 1. The minimum Gasteiger partial charge on any atom is -0.406 e. The zero-order chi connectivity index (χ0) is 14.0. The summed E-state index contributed by atoms with van der Waals surface area (Å²) >= 11 is 0. The number of alkyl halides is 4. The zero-order valence-corrected chi connectivity index (χ0v) is 9.22. The first-order valence-electron chi connectivity index (χ1n) is 4.81. The lowest BCUT2D eigenvalue weighted by molar-refractivity contribution is -0.274. The van der Waals surface area contributed by atoms with E-state index in [1.807, 2.05) is 0 Å². The molecule has 18 heavy (non-hydrogen) atoms. The van der Waals surface area contributed by atoms with Crippen LogP contribution in [-0.4, -0.2) is 19.1 Å². The van der Waals surface area contributed by atoms with Gasteiger partial charge in [-0.1, -0.05) is 12.1 Å². The maximum absolute atomic E-state index is 12.7. The Bertz CT molecular complexity index is 426. The molecule has 0 amide bonds. The molecular formula is C11H9F5O2. The summed E-state index contributed by atoms with van der Waals surface area (Å²) in [6.07, 6.45) is -4.85. The summed E-state index contributed by atoms with van der Waals surface area (Å²) in [6, 6.07) is 1.91. The molecular weight excluding hydrogens is 259 g/mol. The smallest absolute Gasteiger partial charge is 0.406 e. The SMILES string of the molecule is CC(CF)(C(=O)F)c1ccc(OC(F)(F)F)cc1. The van der Waals surface area contributed by atoms with Gasteiger partial charge < -0.3 is 4.74 Å². The van der Waals surface area contributed by atoms with Crippen molar-refractivity contribution in [1.82, 2.24) is 0 Å². The average molecular weight is 268 g/mol. The fraction of sp³-hybridized carbons (Fsp3) is 0.364. The van der Waals surface area contributed by atoms with Crippen molar-refractivity contribution in [3.05, 3.63) is 29.8 Å². The van der Waals surface area contributed by atoms with Crippen LogP contribution in [0.1, 0.15) is 12.5 Å². The molecule has 0 saturated carbocycles. The van der Waals surface area contributed by atoms with Crippen LogP contribution in [0.3, 0.4) is 0 Å². The van der Waals surface area contributed by atoms with Gasteiger partial charge in [0.2, 0.25) is 0 Å². The monoisotopic (exact) mass is 268 g/mol. The predicted molar refractivity (Wildman–Crippen MR) is 52.6 cm³/mol.